The maximum Gasteiger partial charge on any atom is 0.308 e. The van der Waals surface area contributed by atoms with E-state index in [-0.39, 0.29) is 18.4 Å². The molecule has 4 rings (SSSR count). The fourth-order valence-electron chi connectivity index (χ4n) is 3.75. The molecule has 1 saturated carbocycles. The van der Waals surface area contributed by atoms with Crippen LogP contribution >= 0.6 is 0 Å². The minimum Gasteiger partial charge on any atom is -0.481 e. The van der Waals surface area contributed by atoms with Gasteiger partial charge in [-0.15, -0.1) is 0 Å². The number of aromatic nitrogens is 1. The molecular weight excluding hydrogens is 316 g/mol. The van der Waals surface area contributed by atoms with Gasteiger partial charge in [0.1, 0.15) is 0 Å². The zero-order chi connectivity index (χ0) is 17.7. The van der Waals surface area contributed by atoms with Crippen LogP contribution in [0.1, 0.15) is 47.3 Å². The fraction of sp³-hybridized carbons (Fsp3) is 0.450. The van der Waals surface area contributed by atoms with Crippen LogP contribution in [0.4, 0.5) is 0 Å². The van der Waals surface area contributed by atoms with Crippen LogP contribution in [0.25, 0.3) is 10.9 Å². The highest BCUT2D eigenvalue weighted by Crippen LogP contribution is 2.40. The van der Waals surface area contributed by atoms with E-state index in [9.17, 15) is 14.7 Å². The van der Waals surface area contributed by atoms with Crippen molar-refractivity contribution in [3.63, 3.8) is 0 Å². The second-order valence-corrected chi connectivity index (χ2v) is 7.52. The van der Waals surface area contributed by atoms with Gasteiger partial charge in [0, 0.05) is 30.1 Å². The Kier molecular flexibility index (Phi) is 3.74. The third kappa shape index (κ3) is 2.88. The predicted octanol–water partition coefficient (Wildman–Crippen LogP) is 3.21. The highest BCUT2D eigenvalue weighted by atomic mass is 16.4. The lowest BCUT2D eigenvalue weighted by molar-refractivity contribution is -0.142. The average Bonchev–Trinajstić information content (AvgIpc) is 3.35. The van der Waals surface area contributed by atoms with E-state index in [4.69, 9.17) is 4.98 Å². The predicted molar refractivity (Wildman–Crippen MR) is 94.6 cm³/mol. The summed E-state index contributed by atoms with van der Waals surface area (Å²) in [5.41, 5.74) is 3.58. The van der Waals surface area contributed by atoms with Crippen LogP contribution in [0.5, 0.6) is 0 Å². The molecular formula is C20H22N2O3. The van der Waals surface area contributed by atoms with E-state index in [1.54, 1.807) is 4.90 Å². The SMILES string of the molecule is Cc1ccc2nc(C3CC3)cc(C(=O)N3C[C@@H](C)[C@H](C(=O)O)C3)c2c1. The molecule has 1 amide bonds. The first-order valence-corrected chi connectivity index (χ1v) is 8.87. The van der Waals surface area contributed by atoms with Crippen molar-refractivity contribution in [3.8, 4) is 0 Å². The van der Waals surface area contributed by atoms with Crippen molar-refractivity contribution in [3.05, 3.63) is 41.1 Å². The minimum absolute atomic E-state index is 0.0285. The Morgan fingerprint density at radius 2 is 1.96 bits per heavy atom. The number of carbonyl (C=O) groups is 2. The molecule has 5 heteroatoms. The van der Waals surface area contributed by atoms with Crippen LogP contribution in [0.3, 0.4) is 0 Å². The number of carboxylic acids is 1. The second kappa shape index (κ2) is 5.83. The molecule has 1 saturated heterocycles. The Balaban J connectivity index is 1.76. The van der Waals surface area contributed by atoms with Gasteiger partial charge in [-0.1, -0.05) is 18.6 Å². The van der Waals surface area contributed by atoms with Gasteiger partial charge in [0.15, 0.2) is 0 Å². The number of nitrogens with zero attached hydrogens (tertiary/aromatic N) is 2. The minimum atomic E-state index is -0.822. The van der Waals surface area contributed by atoms with Gasteiger partial charge in [-0.2, -0.15) is 0 Å². The number of benzene rings is 1. The largest absolute Gasteiger partial charge is 0.481 e. The average molecular weight is 338 g/mol. The third-order valence-electron chi connectivity index (χ3n) is 5.43. The Labute approximate surface area is 146 Å². The summed E-state index contributed by atoms with van der Waals surface area (Å²) in [5.74, 6) is -0.949. The number of rotatable bonds is 3. The maximum absolute atomic E-state index is 13.2. The summed E-state index contributed by atoms with van der Waals surface area (Å²) in [6.45, 7) is 4.67. The van der Waals surface area contributed by atoms with Crippen molar-refractivity contribution in [2.75, 3.05) is 13.1 Å². The molecule has 0 unspecified atom stereocenters. The van der Waals surface area contributed by atoms with Gasteiger partial charge in [-0.05, 0) is 43.9 Å². The molecule has 1 N–H and O–H groups in total. The number of hydrogen-bond donors (Lipinski definition) is 1. The number of aliphatic carboxylic acids is 1. The Hall–Kier alpha value is -2.43. The molecule has 2 heterocycles. The van der Waals surface area contributed by atoms with Gasteiger partial charge < -0.3 is 10.0 Å². The summed E-state index contributed by atoms with van der Waals surface area (Å²) in [4.78, 5) is 31.0. The smallest absolute Gasteiger partial charge is 0.308 e. The van der Waals surface area contributed by atoms with Crippen LogP contribution in [-0.4, -0.2) is 40.0 Å². The molecule has 2 aromatic rings. The molecule has 2 atom stereocenters. The number of carboxylic acid groups (broad SMARTS) is 1. The third-order valence-corrected chi connectivity index (χ3v) is 5.43. The molecule has 25 heavy (non-hydrogen) atoms. The standard InChI is InChI=1S/C20H22N2O3/c1-11-3-6-17-14(7-11)15(8-18(21-17)13-4-5-13)19(23)22-9-12(2)16(10-22)20(24)25/h3,6-8,12-13,16H,4-5,9-10H2,1-2H3,(H,24,25)/t12-,16-/m1/s1. The molecule has 0 spiro atoms. The zero-order valence-corrected chi connectivity index (χ0v) is 14.5. The molecule has 1 aromatic carbocycles. The number of amides is 1. The van der Waals surface area contributed by atoms with Crippen molar-refractivity contribution in [1.82, 2.24) is 9.88 Å². The second-order valence-electron chi connectivity index (χ2n) is 7.52. The van der Waals surface area contributed by atoms with E-state index in [1.807, 2.05) is 38.1 Å². The first kappa shape index (κ1) is 16.1. The van der Waals surface area contributed by atoms with E-state index in [1.165, 1.54) is 0 Å². The normalized spacial score (nSPS) is 23.2. The lowest BCUT2D eigenvalue weighted by atomic mass is 9.99. The zero-order valence-electron chi connectivity index (χ0n) is 14.5. The van der Waals surface area contributed by atoms with Gasteiger partial charge in [0.25, 0.3) is 5.91 Å². The highest BCUT2D eigenvalue weighted by molar-refractivity contribution is 6.06. The number of pyridine rings is 1. The molecule has 5 nitrogen and oxygen atoms in total. The molecule has 2 fully saturated rings. The highest BCUT2D eigenvalue weighted by Gasteiger charge is 2.38. The van der Waals surface area contributed by atoms with Gasteiger partial charge in [0.2, 0.25) is 0 Å². The van der Waals surface area contributed by atoms with E-state index < -0.39 is 11.9 Å². The number of carbonyl (C=O) groups excluding carboxylic acids is 1. The number of hydrogen-bond acceptors (Lipinski definition) is 3. The summed E-state index contributed by atoms with van der Waals surface area (Å²) in [6.07, 6.45) is 2.25. The van der Waals surface area contributed by atoms with Crippen molar-refractivity contribution in [1.29, 1.82) is 0 Å². The summed E-state index contributed by atoms with van der Waals surface area (Å²) >= 11 is 0. The topological polar surface area (TPSA) is 70.5 Å². The molecule has 2 aliphatic rings. The van der Waals surface area contributed by atoms with Crippen LogP contribution in [0, 0.1) is 18.8 Å². The monoisotopic (exact) mass is 338 g/mol. The van der Waals surface area contributed by atoms with E-state index in [0.717, 1.165) is 35.0 Å². The summed E-state index contributed by atoms with van der Waals surface area (Å²) in [6, 6.07) is 7.92. The van der Waals surface area contributed by atoms with Crippen molar-refractivity contribution in [2.45, 2.75) is 32.6 Å². The van der Waals surface area contributed by atoms with Crippen LogP contribution in [0.2, 0.25) is 0 Å². The number of likely N-dealkylation sites (tertiary alicyclic amines) is 1. The Morgan fingerprint density at radius 1 is 1.20 bits per heavy atom. The summed E-state index contributed by atoms with van der Waals surface area (Å²) < 4.78 is 0. The lowest BCUT2D eigenvalue weighted by Crippen LogP contribution is -2.30. The molecule has 130 valence electrons. The van der Waals surface area contributed by atoms with Crippen molar-refractivity contribution < 1.29 is 14.7 Å². The van der Waals surface area contributed by atoms with Gasteiger partial charge >= 0.3 is 5.97 Å². The number of aryl methyl sites for hydroxylation is 1. The molecule has 0 radical (unpaired) electrons. The fourth-order valence-corrected chi connectivity index (χ4v) is 3.75. The summed E-state index contributed by atoms with van der Waals surface area (Å²) in [7, 11) is 0. The first-order valence-electron chi connectivity index (χ1n) is 8.87. The van der Waals surface area contributed by atoms with Crippen molar-refractivity contribution in [2.24, 2.45) is 11.8 Å². The van der Waals surface area contributed by atoms with Crippen LogP contribution < -0.4 is 0 Å². The lowest BCUT2D eigenvalue weighted by Gasteiger charge is -2.18. The van der Waals surface area contributed by atoms with E-state index in [2.05, 4.69) is 0 Å². The molecule has 0 bridgehead atoms. The Bertz CT molecular complexity index is 873. The van der Waals surface area contributed by atoms with Crippen LogP contribution in [-0.2, 0) is 4.79 Å². The number of fused-ring (bicyclic) bond motifs is 1. The van der Waals surface area contributed by atoms with Gasteiger partial charge in [-0.3, -0.25) is 14.6 Å². The quantitative estimate of drug-likeness (QED) is 0.933. The van der Waals surface area contributed by atoms with E-state index >= 15 is 0 Å². The Morgan fingerprint density at radius 3 is 2.60 bits per heavy atom. The first-order chi connectivity index (χ1) is 11.9. The van der Waals surface area contributed by atoms with Crippen molar-refractivity contribution >= 4 is 22.8 Å². The molecule has 1 aromatic heterocycles. The molecule has 1 aliphatic carbocycles. The maximum atomic E-state index is 13.2. The van der Waals surface area contributed by atoms with Gasteiger partial charge in [0.05, 0.1) is 17.0 Å². The van der Waals surface area contributed by atoms with Gasteiger partial charge in [-0.25, -0.2) is 0 Å². The molecule has 1 aliphatic heterocycles. The summed E-state index contributed by atoms with van der Waals surface area (Å²) in [5, 5.41) is 10.2. The van der Waals surface area contributed by atoms with Crippen LogP contribution in [0.15, 0.2) is 24.3 Å². The van der Waals surface area contributed by atoms with E-state index in [0.29, 0.717) is 18.0 Å².